The number of aliphatic hydroxyl groups is 2. The van der Waals surface area contributed by atoms with E-state index < -0.39 is 24.6 Å². The number of para-hydroxylation sites is 1. The first-order valence-electron chi connectivity index (χ1n) is 13.8. The van der Waals surface area contributed by atoms with Gasteiger partial charge >= 0.3 is 43.7 Å². The Kier molecular flexibility index (Phi) is 12.8. The number of carbonyl (C=O) groups is 2. The third kappa shape index (κ3) is 8.52. The van der Waals surface area contributed by atoms with Gasteiger partial charge in [0.05, 0.1) is 29.9 Å². The van der Waals surface area contributed by atoms with E-state index >= 15 is 0 Å². The summed E-state index contributed by atoms with van der Waals surface area (Å²) >= 11 is 0. The Bertz CT molecular complexity index is 1460. The SMILES string of the molecule is CCCc1c(C(=O)Nc2ccccc2)c(-c2ccccc2)c(-c2ccc(F)cc2)n1CCC(O)CC(O)CC(=O)O.[CaH2]. The maximum atomic E-state index is 14.0. The van der Waals surface area contributed by atoms with Gasteiger partial charge in [-0.2, -0.15) is 0 Å². The van der Waals surface area contributed by atoms with Gasteiger partial charge in [-0.1, -0.05) is 61.9 Å². The Morgan fingerprint density at radius 1 is 0.881 bits per heavy atom. The molecule has 0 aliphatic carbocycles. The summed E-state index contributed by atoms with van der Waals surface area (Å²) in [5.41, 5.74) is 4.88. The van der Waals surface area contributed by atoms with Crippen molar-refractivity contribution in [3.05, 3.63) is 102 Å². The summed E-state index contributed by atoms with van der Waals surface area (Å²) in [5.74, 6) is -1.80. The molecule has 7 nitrogen and oxygen atoms in total. The van der Waals surface area contributed by atoms with Crippen molar-refractivity contribution in [2.24, 2.45) is 0 Å². The van der Waals surface area contributed by atoms with Crippen molar-refractivity contribution in [1.82, 2.24) is 4.57 Å². The summed E-state index contributed by atoms with van der Waals surface area (Å²) in [6, 6.07) is 24.8. The number of carboxylic acids is 1. The number of aliphatic hydroxyl groups excluding tert-OH is 2. The van der Waals surface area contributed by atoms with Gasteiger partial charge in [0.25, 0.3) is 5.91 Å². The predicted octanol–water partition coefficient (Wildman–Crippen LogP) is 5.23. The Morgan fingerprint density at radius 3 is 2.10 bits per heavy atom. The van der Waals surface area contributed by atoms with E-state index in [1.807, 2.05) is 72.2 Å². The van der Waals surface area contributed by atoms with E-state index in [4.69, 9.17) is 5.11 Å². The molecule has 0 aliphatic heterocycles. The Balaban J connectivity index is 0.00000484. The number of nitrogens with one attached hydrogen (secondary N) is 1. The molecule has 1 heterocycles. The van der Waals surface area contributed by atoms with Gasteiger partial charge in [0.2, 0.25) is 0 Å². The van der Waals surface area contributed by atoms with Crippen LogP contribution in [0.1, 0.15) is 48.7 Å². The summed E-state index contributed by atoms with van der Waals surface area (Å²) in [7, 11) is 0. The van der Waals surface area contributed by atoms with Crippen LogP contribution in [0.15, 0.2) is 84.9 Å². The number of hydrogen-bond acceptors (Lipinski definition) is 4. The van der Waals surface area contributed by atoms with Gasteiger partial charge in [-0.25, -0.2) is 4.39 Å². The first-order valence-corrected chi connectivity index (χ1v) is 13.8. The molecule has 1 amide bonds. The number of halogens is 1. The van der Waals surface area contributed by atoms with E-state index in [2.05, 4.69) is 5.32 Å². The summed E-state index contributed by atoms with van der Waals surface area (Å²) in [4.78, 5) is 25.0. The normalized spacial score (nSPS) is 12.3. The molecule has 0 saturated heterocycles. The first-order chi connectivity index (χ1) is 19.8. The molecule has 1 aromatic heterocycles. The molecular formula is C33H37CaFN2O5. The maximum absolute atomic E-state index is 14.0. The second kappa shape index (κ2) is 16.0. The molecular weight excluding hydrogens is 563 g/mol. The average molecular weight is 601 g/mol. The molecule has 3 aromatic carbocycles. The molecule has 218 valence electrons. The zero-order chi connectivity index (χ0) is 29.4. The molecule has 9 heteroatoms. The number of aliphatic carboxylic acids is 1. The van der Waals surface area contributed by atoms with Crippen LogP contribution in [0.5, 0.6) is 0 Å². The van der Waals surface area contributed by atoms with Crippen molar-refractivity contribution in [2.75, 3.05) is 5.32 Å². The molecule has 2 atom stereocenters. The average Bonchev–Trinajstić information content (AvgIpc) is 3.27. The molecule has 4 N–H and O–H groups in total. The molecule has 4 rings (SSSR count). The number of hydrogen-bond donors (Lipinski definition) is 4. The van der Waals surface area contributed by atoms with Crippen molar-refractivity contribution in [3.63, 3.8) is 0 Å². The van der Waals surface area contributed by atoms with Crippen LogP contribution < -0.4 is 5.32 Å². The van der Waals surface area contributed by atoms with Crippen LogP contribution in [0.4, 0.5) is 10.1 Å². The molecule has 0 aliphatic rings. The van der Waals surface area contributed by atoms with Crippen molar-refractivity contribution in [2.45, 2.75) is 57.8 Å². The number of aromatic nitrogens is 1. The van der Waals surface area contributed by atoms with Gasteiger partial charge in [-0.05, 0) is 66.8 Å². The summed E-state index contributed by atoms with van der Waals surface area (Å²) in [6.45, 7) is 2.31. The fourth-order valence-corrected chi connectivity index (χ4v) is 5.16. The van der Waals surface area contributed by atoms with Gasteiger partial charge in [0.1, 0.15) is 5.82 Å². The number of carbonyl (C=O) groups excluding carboxylic acids is 1. The molecule has 2 unspecified atom stereocenters. The van der Waals surface area contributed by atoms with E-state index in [1.54, 1.807) is 12.1 Å². The second-order valence-corrected chi connectivity index (χ2v) is 10.1. The van der Waals surface area contributed by atoms with E-state index in [-0.39, 0.29) is 62.3 Å². The zero-order valence-electron chi connectivity index (χ0n) is 23.0. The number of benzene rings is 3. The zero-order valence-corrected chi connectivity index (χ0v) is 23.0. The monoisotopic (exact) mass is 600 g/mol. The van der Waals surface area contributed by atoms with Gasteiger partial charge in [0, 0.05) is 23.5 Å². The fourth-order valence-electron chi connectivity index (χ4n) is 5.16. The summed E-state index contributed by atoms with van der Waals surface area (Å²) < 4.78 is 16.0. The molecule has 0 bridgehead atoms. The first kappa shape index (κ1) is 33.5. The third-order valence-electron chi connectivity index (χ3n) is 6.94. The number of carboxylic acid groups (broad SMARTS) is 1. The molecule has 0 saturated carbocycles. The Labute approximate surface area is 275 Å². The molecule has 0 fully saturated rings. The van der Waals surface area contributed by atoms with Crippen LogP contribution in [0.25, 0.3) is 22.4 Å². The van der Waals surface area contributed by atoms with Crippen LogP contribution in [0, 0.1) is 5.82 Å². The number of amides is 1. The van der Waals surface area contributed by atoms with Crippen LogP contribution in [0.3, 0.4) is 0 Å². The molecule has 0 spiro atoms. The summed E-state index contributed by atoms with van der Waals surface area (Å²) in [6.07, 6.45) is -1.16. The minimum atomic E-state index is -1.18. The van der Waals surface area contributed by atoms with Gasteiger partial charge in [-0.3, -0.25) is 9.59 Å². The second-order valence-electron chi connectivity index (χ2n) is 10.1. The standard InChI is InChI=1S/C33H35FN2O5.Ca.2H/c1-2-9-28-31(33(41)35-25-12-7-4-8-13-25)30(22-10-5-3-6-11-22)32(23-14-16-24(34)17-15-23)36(28)19-18-26(37)20-27(38)21-29(39)40;;;/h3-8,10-17,26-27,37-38H,2,9,18-21H2,1H3,(H,35,41)(H,39,40);;;. The predicted molar refractivity (Wildman–Crippen MR) is 166 cm³/mol. The van der Waals surface area contributed by atoms with E-state index in [0.717, 1.165) is 23.4 Å². The van der Waals surface area contributed by atoms with Crippen LogP contribution in [-0.4, -0.2) is 81.7 Å². The Hall–Kier alpha value is -3.01. The molecule has 0 radical (unpaired) electrons. The van der Waals surface area contributed by atoms with Crippen LogP contribution in [-0.2, 0) is 17.8 Å². The minimum absolute atomic E-state index is 0. The van der Waals surface area contributed by atoms with Gasteiger partial charge < -0.3 is 25.2 Å². The van der Waals surface area contributed by atoms with Crippen molar-refractivity contribution >= 4 is 55.3 Å². The summed E-state index contributed by atoms with van der Waals surface area (Å²) in [5, 5.41) is 32.8. The van der Waals surface area contributed by atoms with E-state index in [1.165, 1.54) is 12.1 Å². The van der Waals surface area contributed by atoms with Gasteiger partial charge in [-0.15, -0.1) is 0 Å². The van der Waals surface area contributed by atoms with Crippen LogP contribution >= 0.6 is 0 Å². The number of nitrogens with zero attached hydrogens (tertiary/aromatic N) is 1. The molecule has 42 heavy (non-hydrogen) atoms. The number of rotatable bonds is 13. The third-order valence-corrected chi connectivity index (χ3v) is 6.94. The van der Waals surface area contributed by atoms with E-state index in [9.17, 15) is 24.2 Å². The van der Waals surface area contributed by atoms with E-state index in [0.29, 0.717) is 35.3 Å². The van der Waals surface area contributed by atoms with Crippen molar-refractivity contribution < 1.29 is 29.3 Å². The fraction of sp³-hybridized carbons (Fsp3) is 0.273. The Morgan fingerprint density at radius 2 is 1.50 bits per heavy atom. The van der Waals surface area contributed by atoms with Crippen molar-refractivity contribution in [3.8, 4) is 22.4 Å². The van der Waals surface area contributed by atoms with Crippen LogP contribution in [0.2, 0.25) is 0 Å². The number of anilines is 1. The van der Waals surface area contributed by atoms with Gasteiger partial charge in [0.15, 0.2) is 0 Å². The quantitative estimate of drug-likeness (QED) is 0.157. The topological polar surface area (TPSA) is 112 Å². The molecule has 4 aromatic rings. The van der Waals surface area contributed by atoms with Crippen molar-refractivity contribution in [1.29, 1.82) is 0 Å².